The van der Waals surface area contributed by atoms with Gasteiger partial charge in [-0.15, -0.1) is 0 Å². The molecule has 3 N–H and O–H groups in total. The molecule has 1 aromatic carbocycles. The quantitative estimate of drug-likeness (QED) is 0.719. The van der Waals surface area contributed by atoms with Gasteiger partial charge in [0, 0.05) is 18.8 Å². The molecular formula is C14H17N3O4. The summed E-state index contributed by atoms with van der Waals surface area (Å²) in [6, 6.07) is 5.40. The van der Waals surface area contributed by atoms with E-state index in [0.29, 0.717) is 6.54 Å². The number of aromatic hydroxyl groups is 1. The zero-order valence-corrected chi connectivity index (χ0v) is 11.8. The van der Waals surface area contributed by atoms with Crippen molar-refractivity contribution in [1.29, 1.82) is 5.26 Å². The number of amides is 2. The van der Waals surface area contributed by atoms with Crippen molar-refractivity contribution in [3.8, 4) is 11.8 Å². The smallest absolute Gasteiger partial charge is 0.339 e. The zero-order valence-electron chi connectivity index (χ0n) is 11.8. The second-order valence-electron chi connectivity index (χ2n) is 4.54. The summed E-state index contributed by atoms with van der Waals surface area (Å²) in [4.78, 5) is 24.4. The molecule has 21 heavy (non-hydrogen) atoms. The van der Waals surface area contributed by atoms with Gasteiger partial charge in [-0.1, -0.05) is 0 Å². The number of carbonyl (C=O) groups excluding carboxylic acids is 1. The number of rotatable bonds is 5. The predicted octanol–water partition coefficient (Wildman–Crippen LogP) is 2.10. The lowest BCUT2D eigenvalue weighted by molar-refractivity contribution is 0.0693. The van der Waals surface area contributed by atoms with Gasteiger partial charge in [0.15, 0.2) is 0 Å². The van der Waals surface area contributed by atoms with Crippen molar-refractivity contribution < 1.29 is 19.8 Å². The molecule has 0 bridgehead atoms. The fourth-order valence-electron chi connectivity index (χ4n) is 1.71. The summed E-state index contributed by atoms with van der Waals surface area (Å²) in [6.07, 6.45) is 0. The van der Waals surface area contributed by atoms with Gasteiger partial charge in [0.25, 0.3) is 0 Å². The van der Waals surface area contributed by atoms with E-state index in [1.165, 1.54) is 23.1 Å². The molecule has 7 nitrogen and oxygen atoms in total. The predicted molar refractivity (Wildman–Crippen MR) is 76.1 cm³/mol. The van der Waals surface area contributed by atoms with Crippen molar-refractivity contribution in [2.45, 2.75) is 13.8 Å². The van der Waals surface area contributed by atoms with Crippen LogP contribution in [0.2, 0.25) is 0 Å². The molecule has 2 amide bonds. The first-order chi connectivity index (χ1) is 9.88. The van der Waals surface area contributed by atoms with Gasteiger partial charge in [0.2, 0.25) is 0 Å². The maximum absolute atomic E-state index is 12.1. The van der Waals surface area contributed by atoms with E-state index in [1.54, 1.807) is 13.8 Å². The number of nitriles is 1. The molecule has 0 saturated heterocycles. The van der Waals surface area contributed by atoms with E-state index >= 15 is 0 Å². The molecule has 0 radical (unpaired) electrons. The van der Waals surface area contributed by atoms with E-state index in [1.807, 2.05) is 6.07 Å². The molecule has 0 aromatic heterocycles. The number of benzene rings is 1. The molecule has 0 saturated carbocycles. The average molecular weight is 291 g/mol. The Morgan fingerprint density at radius 3 is 2.67 bits per heavy atom. The highest BCUT2D eigenvalue weighted by atomic mass is 16.4. The lowest BCUT2D eigenvalue weighted by Gasteiger charge is -2.22. The highest BCUT2D eigenvalue weighted by molar-refractivity contribution is 5.95. The third-order valence-electron chi connectivity index (χ3n) is 2.86. The number of carbonyl (C=O) groups is 2. The van der Waals surface area contributed by atoms with E-state index in [-0.39, 0.29) is 29.5 Å². The highest BCUT2D eigenvalue weighted by Crippen LogP contribution is 2.21. The van der Waals surface area contributed by atoms with Gasteiger partial charge in [-0.2, -0.15) is 5.26 Å². The minimum atomic E-state index is -1.28. The lowest BCUT2D eigenvalue weighted by atomic mass is 10.2. The van der Waals surface area contributed by atoms with Crippen LogP contribution in [0.5, 0.6) is 5.75 Å². The van der Waals surface area contributed by atoms with Crippen LogP contribution < -0.4 is 5.32 Å². The summed E-state index contributed by atoms with van der Waals surface area (Å²) >= 11 is 0. The fourth-order valence-corrected chi connectivity index (χ4v) is 1.71. The number of nitrogens with one attached hydrogen (secondary N) is 1. The number of anilines is 1. The van der Waals surface area contributed by atoms with Gasteiger partial charge in [-0.05, 0) is 32.0 Å². The number of carboxylic acid groups (broad SMARTS) is 1. The molecule has 0 spiro atoms. The SMILES string of the molecule is CCN(CC(C)C#N)C(=O)Nc1ccc(O)c(C(=O)O)c1. The van der Waals surface area contributed by atoms with Crippen LogP contribution in [0, 0.1) is 17.2 Å². The molecular weight excluding hydrogens is 274 g/mol. The van der Waals surface area contributed by atoms with E-state index in [9.17, 15) is 14.7 Å². The van der Waals surface area contributed by atoms with E-state index in [2.05, 4.69) is 5.32 Å². The topological polar surface area (TPSA) is 114 Å². The molecule has 0 fully saturated rings. The van der Waals surface area contributed by atoms with Crippen molar-refractivity contribution in [2.75, 3.05) is 18.4 Å². The van der Waals surface area contributed by atoms with Crippen LogP contribution in [-0.4, -0.2) is 40.2 Å². The van der Waals surface area contributed by atoms with E-state index in [4.69, 9.17) is 10.4 Å². The number of hydrogen-bond donors (Lipinski definition) is 3. The third kappa shape index (κ3) is 4.38. The summed E-state index contributed by atoms with van der Waals surface area (Å²) in [5.74, 6) is -1.95. The Morgan fingerprint density at radius 1 is 1.48 bits per heavy atom. The minimum Gasteiger partial charge on any atom is -0.507 e. The van der Waals surface area contributed by atoms with Gasteiger partial charge in [-0.25, -0.2) is 9.59 Å². The molecule has 1 unspecified atom stereocenters. The average Bonchev–Trinajstić information content (AvgIpc) is 2.45. The van der Waals surface area contributed by atoms with Crippen molar-refractivity contribution in [3.63, 3.8) is 0 Å². The second-order valence-corrected chi connectivity index (χ2v) is 4.54. The van der Waals surface area contributed by atoms with Crippen LogP contribution in [0.25, 0.3) is 0 Å². The Labute approximate surface area is 122 Å². The Bertz CT molecular complexity index is 580. The van der Waals surface area contributed by atoms with Gasteiger partial charge in [0.1, 0.15) is 11.3 Å². The summed E-state index contributed by atoms with van der Waals surface area (Å²) in [5, 5.41) is 29.6. The number of hydrogen-bond acceptors (Lipinski definition) is 4. The summed E-state index contributed by atoms with van der Waals surface area (Å²) in [6.45, 7) is 4.19. The van der Waals surface area contributed by atoms with Gasteiger partial charge in [-0.3, -0.25) is 0 Å². The van der Waals surface area contributed by atoms with Crippen molar-refractivity contribution in [1.82, 2.24) is 4.90 Å². The summed E-state index contributed by atoms with van der Waals surface area (Å²) in [7, 11) is 0. The maximum atomic E-state index is 12.1. The van der Waals surface area contributed by atoms with Gasteiger partial charge >= 0.3 is 12.0 Å². The van der Waals surface area contributed by atoms with Crippen LogP contribution in [-0.2, 0) is 0 Å². The molecule has 1 atom stereocenters. The number of aromatic carboxylic acids is 1. The number of nitrogens with zero attached hydrogens (tertiary/aromatic N) is 2. The Balaban J connectivity index is 2.85. The summed E-state index contributed by atoms with van der Waals surface area (Å²) in [5.41, 5.74) is -0.0282. The molecule has 1 aromatic rings. The zero-order chi connectivity index (χ0) is 16.0. The molecule has 112 valence electrons. The maximum Gasteiger partial charge on any atom is 0.339 e. The lowest BCUT2D eigenvalue weighted by Crippen LogP contribution is -2.37. The van der Waals surface area contributed by atoms with Crippen LogP contribution >= 0.6 is 0 Å². The second kappa shape index (κ2) is 7.14. The molecule has 7 heteroatoms. The molecule has 0 heterocycles. The number of urea groups is 1. The molecule has 0 aliphatic rings. The first kappa shape index (κ1) is 16.3. The Hall–Kier alpha value is -2.75. The largest absolute Gasteiger partial charge is 0.507 e. The van der Waals surface area contributed by atoms with Crippen molar-refractivity contribution in [2.24, 2.45) is 5.92 Å². The first-order valence-electron chi connectivity index (χ1n) is 6.40. The van der Waals surface area contributed by atoms with Crippen molar-refractivity contribution >= 4 is 17.7 Å². The van der Waals surface area contributed by atoms with Crippen LogP contribution in [0.15, 0.2) is 18.2 Å². The fraction of sp³-hybridized carbons (Fsp3) is 0.357. The van der Waals surface area contributed by atoms with Crippen LogP contribution in [0.4, 0.5) is 10.5 Å². The molecule has 1 rings (SSSR count). The minimum absolute atomic E-state index is 0.262. The van der Waals surface area contributed by atoms with E-state index < -0.39 is 12.0 Å². The summed E-state index contributed by atoms with van der Waals surface area (Å²) < 4.78 is 0. The Morgan fingerprint density at radius 2 is 2.14 bits per heavy atom. The normalized spacial score (nSPS) is 11.3. The van der Waals surface area contributed by atoms with Gasteiger partial charge < -0.3 is 20.4 Å². The molecule has 0 aliphatic heterocycles. The van der Waals surface area contributed by atoms with E-state index in [0.717, 1.165) is 0 Å². The first-order valence-corrected chi connectivity index (χ1v) is 6.40. The third-order valence-corrected chi connectivity index (χ3v) is 2.86. The number of carboxylic acids is 1. The van der Waals surface area contributed by atoms with Crippen LogP contribution in [0.3, 0.4) is 0 Å². The monoisotopic (exact) mass is 291 g/mol. The van der Waals surface area contributed by atoms with Crippen molar-refractivity contribution in [3.05, 3.63) is 23.8 Å². The van der Waals surface area contributed by atoms with Crippen LogP contribution in [0.1, 0.15) is 24.2 Å². The number of phenols is 1. The highest BCUT2D eigenvalue weighted by Gasteiger charge is 2.16. The van der Waals surface area contributed by atoms with Gasteiger partial charge in [0.05, 0.1) is 12.0 Å². The molecule has 0 aliphatic carbocycles. The standard InChI is InChI=1S/C14H17N3O4/c1-3-17(8-9(2)7-15)14(21)16-10-4-5-12(18)11(6-10)13(19)20/h4-6,9,18H,3,8H2,1-2H3,(H,16,21)(H,19,20). The Kier molecular flexibility index (Phi) is 5.55.